The largest absolute Gasteiger partial charge is 0.493 e. The van der Waals surface area contributed by atoms with Crippen LogP contribution in [0.1, 0.15) is 30.6 Å². The lowest BCUT2D eigenvalue weighted by atomic mass is 10.1. The fourth-order valence-corrected chi connectivity index (χ4v) is 2.10. The summed E-state index contributed by atoms with van der Waals surface area (Å²) < 4.78 is 51.5. The Kier molecular flexibility index (Phi) is 8.68. The first-order valence-electron chi connectivity index (χ1n) is 8.04. The van der Waals surface area contributed by atoms with E-state index < -0.39 is 31.2 Å². The Morgan fingerprint density at radius 3 is 2.48 bits per heavy atom. The van der Waals surface area contributed by atoms with E-state index in [1.54, 1.807) is 5.32 Å². The molecule has 0 atom stereocenters. The van der Waals surface area contributed by atoms with Crippen LogP contribution < -0.4 is 14.8 Å². The topological polar surface area (TPSA) is 73.9 Å². The predicted octanol–water partition coefficient (Wildman–Crippen LogP) is 3.61. The third kappa shape index (κ3) is 8.38. The van der Waals surface area contributed by atoms with Gasteiger partial charge in [-0.15, -0.1) is 0 Å². The van der Waals surface area contributed by atoms with Crippen molar-refractivity contribution in [2.75, 3.05) is 26.9 Å². The zero-order valence-electron chi connectivity index (χ0n) is 15.1. The van der Waals surface area contributed by atoms with E-state index >= 15 is 0 Å². The van der Waals surface area contributed by atoms with Gasteiger partial charge in [-0.25, -0.2) is 4.79 Å². The number of rotatable bonds is 9. The maximum Gasteiger partial charge on any atom is 0.405 e. The van der Waals surface area contributed by atoms with Gasteiger partial charge in [-0.05, 0) is 24.5 Å². The number of methoxy groups -OCH3 is 1. The number of carbonyl (C=O) groups excluding carboxylic acids is 2. The van der Waals surface area contributed by atoms with Crippen molar-refractivity contribution in [2.45, 2.75) is 26.4 Å². The highest BCUT2D eigenvalue weighted by molar-refractivity contribution is 6.32. The van der Waals surface area contributed by atoms with Crippen LogP contribution in [-0.4, -0.2) is 44.9 Å². The van der Waals surface area contributed by atoms with E-state index in [0.717, 1.165) is 6.42 Å². The average molecular weight is 412 g/mol. The number of amides is 1. The number of alkyl halides is 3. The number of hydrogen-bond donors (Lipinski definition) is 1. The number of hydrogen-bond acceptors (Lipinski definition) is 5. The van der Waals surface area contributed by atoms with Crippen LogP contribution in [0.3, 0.4) is 0 Å². The fourth-order valence-electron chi connectivity index (χ4n) is 1.84. The second-order valence-electron chi connectivity index (χ2n) is 5.99. The van der Waals surface area contributed by atoms with Crippen molar-refractivity contribution in [3.05, 3.63) is 22.7 Å². The highest BCUT2D eigenvalue weighted by Gasteiger charge is 2.28. The van der Waals surface area contributed by atoms with Crippen molar-refractivity contribution in [3.8, 4) is 11.5 Å². The second-order valence-corrected chi connectivity index (χ2v) is 6.40. The molecular formula is C17H21ClF3NO5. The molecule has 1 aromatic rings. The summed E-state index contributed by atoms with van der Waals surface area (Å²) in [6, 6.07) is 2.58. The van der Waals surface area contributed by atoms with Gasteiger partial charge < -0.3 is 19.5 Å². The molecule has 1 N–H and O–H groups in total. The second kappa shape index (κ2) is 10.2. The van der Waals surface area contributed by atoms with Gasteiger partial charge in [-0.1, -0.05) is 25.4 Å². The van der Waals surface area contributed by atoms with Crippen molar-refractivity contribution < 1.29 is 37.0 Å². The highest BCUT2D eigenvalue weighted by Crippen LogP contribution is 2.36. The minimum absolute atomic E-state index is 0.0309. The lowest BCUT2D eigenvalue weighted by molar-refractivity contribution is -0.140. The third-order valence-corrected chi connectivity index (χ3v) is 3.51. The van der Waals surface area contributed by atoms with Crippen molar-refractivity contribution in [1.82, 2.24) is 5.32 Å². The molecule has 1 aromatic carbocycles. The monoisotopic (exact) mass is 411 g/mol. The fraction of sp³-hybridized carbons (Fsp3) is 0.529. The van der Waals surface area contributed by atoms with Gasteiger partial charge >= 0.3 is 12.1 Å². The smallest absolute Gasteiger partial charge is 0.405 e. The van der Waals surface area contributed by atoms with E-state index in [4.69, 9.17) is 21.1 Å². The SMILES string of the molecule is COc1cc(C(=O)OCC(=O)NCC(F)(F)F)cc(Cl)c1OCCC(C)C. The van der Waals surface area contributed by atoms with Gasteiger partial charge in [0, 0.05) is 0 Å². The van der Waals surface area contributed by atoms with Gasteiger partial charge in [0.15, 0.2) is 18.1 Å². The summed E-state index contributed by atoms with van der Waals surface area (Å²) in [4.78, 5) is 23.3. The number of esters is 1. The van der Waals surface area contributed by atoms with Crippen LogP contribution in [0.5, 0.6) is 11.5 Å². The first kappa shape index (κ1) is 22.9. The molecule has 0 aromatic heterocycles. The minimum Gasteiger partial charge on any atom is -0.493 e. The molecule has 27 heavy (non-hydrogen) atoms. The standard InChI is InChI=1S/C17H21ClF3NO5/c1-10(2)4-5-26-15-12(18)6-11(7-13(15)25-3)16(24)27-8-14(23)22-9-17(19,20)21/h6-7,10H,4-5,8-9H2,1-3H3,(H,22,23). The van der Waals surface area contributed by atoms with Gasteiger partial charge in [-0.2, -0.15) is 13.2 Å². The normalized spacial score (nSPS) is 11.3. The molecule has 0 aliphatic carbocycles. The number of nitrogens with one attached hydrogen (secondary N) is 1. The zero-order valence-corrected chi connectivity index (χ0v) is 15.9. The molecule has 1 amide bonds. The van der Waals surface area contributed by atoms with Crippen LogP contribution in [0.2, 0.25) is 5.02 Å². The van der Waals surface area contributed by atoms with E-state index in [-0.39, 0.29) is 22.1 Å². The molecule has 0 spiro atoms. The number of benzene rings is 1. The van der Waals surface area contributed by atoms with Crippen LogP contribution in [0, 0.1) is 5.92 Å². The summed E-state index contributed by atoms with van der Waals surface area (Å²) in [6.45, 7) is 2.10. The van der Waals surface area contributed by atoms with Crippen LogP contribution in [0.15, 0.2) is 12.1 Å². The first-order chi connectivity index (χ1) is 12.5. The Balaban J connectivity index is 2.72. The van der Waals surface area contributed by atoms with Crippen molar-refractivity contribution in [2.24, 2.45) is 5.92 Å². The predicted molar refractivity (Wildman–Crippen MR) is 92.3 cm³/mol. The summed E-state index contributed by atoms with van der Waals surface area (Å²) in [5.74, 6) is -1.13. The van der Waals surface area contributed by atoms with E-state index in [1.165, 1.54) is 19.2 Å². The highest BCUT2D eigenvalue weighted by atomic mass is 35.5. The molecular weight excluding hydrogens is 391 g/mol. The van der Waals surface area contributed by atoms with Gasteiger partial charge in [0.05, 0.1) is 24.3 Å². The molecule has 0 bridgehead atoms. The molecule has 10 heteroatoms. The summed E-state index contributed by atoms with van der Waals surface area (Å²) >= 11 is 6.12. The summed E-state index contributed by atoms with van der Waals surface area (Å²) in [5.41, 5.74) is -0.0309. The molecule has 0 radical (unpaired) electrons. The molecule has 0 aliphatic rings. The Hall–Kier alpha value is -2.16. The lowest BCUT2D eigenvalue weighted by Gasteiger charge is -2.15. The Labute approximate surface area is 159 Å². The summed E-state index contributed by atoms with van der Waals surface area (Å²) in [7, 11) is 1.36. The number of halogens is 4. The molecule has 1 rings (SSSR count). The van der Waals surface area contributed by atoms with Crippen LogP contribution in [0.4, 0.5) is 13.2 Å². The van der Waals surface area contributed by atoms with Crippen molar-refractivity contribution in [1.29, 1.82) is 0 Å². The van der Waals surface area contributed by atoms with E-state index in [0.29, 0.717) is 12.5 Å². The van der Waals surface area contributed by atoms with Crippen LogP contribution in [-0.2, 0) is 9.53 Å². The lowest BCUT2D eigenvalue weighted by Crippen LogP contribution is -2.36. The first-order valence-corrected chi connectivity index (χ1v) is 8.42. The molecule has 0 heterocycles. The van der Waals surface area contributed by atoms with Gasteiger partial charge in [0.2, 0.25) is 0 Å². The maximum atomic E-state index is 12.0. The van der Waals surface area contributed by atoms with E-state index in [9.17, 15) is 22.8 Å². The van der Waals surface area contributed by atoms with E-state index in [1.807, 2.05) is 13.8 Å². The maximum absolute atomic E-state index is 12.0. The van der Waals surface area contributed by atoms with Gasteiger partial charge in [0.25, 0.3) is 5.91 Å². The van der Waals surface area contributed by atoms with Gasteiger partial charge in [-0.3, -0.25) is 4.79 Å². The van der Waals surface area contributed by atoms with Gasteiger partial charge in [0.1, 0.15) is 6.54 Å². The minimum atomic E-state index is -4.55. The Morgan fingerprint density at radius 1 is 1.26 bits per heavy atom. The molecule has 0 saturated heterocycles. The molecule has 6 nitrogen and oxygen atoms in total. The van der Waals surface area contributed by atoms with Crippen molar-refractivity contribution >= 4 is 23.5 Å². The molecule has 0 unspecified atom stereocenters. The molecule has 152 valence electrons. The Morgan fingerprint density at radius 2 is 1.93 bits per heavy atom. The summed E-state index contributed by atoms with van der Waals surface area (Å²) in [6.07, 6.45) is -3.76. The number of ether oxygens (including phenoxy) is 3. The zero-order chi connectivity index (χ0) is 20.6. The van der Waals surface area contributed by atoms with Crippen LogP contribution in [0.25, 0.3) is 0 Å². The molecule has 0 saturated carbocycles. The van der Waals surface area contributed by atoms with Crippen LogP contribution >= 0.6 is 11.6 Å². The molecule has 0 fully saturated rings. The van der Waals surface area contributed by atoms with Crippen molar-refractivity contribution in [3.63, 3.8) is 0 Å². The summed E-state index contributed by atoms with van der Waals surface area (Å²) in [5, 5.41) is 1.70. The number of carbonyl (C=O) groups is 2. The molecule has 0 aliphatic heterocycles. The quantitative estimate of drug-likeness (QED) is 0.628. The third-order valence-electron chi connectivity index (χ3n) is 3.23. The Bertz CT molecular complexity index is 665. The van der Waals surface area contributed by atoms with E-state index in [2.05, 4.69) is 4.74 Å². The average Bonchev–Trinajstić information content (AvgIpc) is 2.57.